The molecule has 0 radical (unpaired) electrons. The third-order valence-electron chi connectivity index (χ3n) is 4.59. The lowest BCUT2D eigenvalue weighted by molar-refractivity contribution is -0.134. The number of carbonyl (C=O) groups is 2. The molecule has 24 heavy (non-hydrogen) atoms. The number of fused-ring (bicyclic) bond motifs is 1. The highest BCUT2D eigenvalue weighted by atomic mass is 16.5. The summed E-state index contributed by atoms with van der Waals surface area (Å²) in [4.78, 5) is 23.6. The SMILES string of the molecule is COC(=O)/C=C(C)\C=C\[C@]1(O)c2ccccc2C(=O)C[C@@]1(C)CO. The molecule has 1 aliphatic rings. The van der Waals surface area contributed by atoms with Gasteiger partial charge < -0.3 is 14.9 Å². The van der Waals surface area contributed by atoms with E-state index in [1.165, 1.54) is 19.3 Å². The van der Waals surface area contributed by atoms with Crippen molar-refractivity contribution in [3.63, 3.8) is 0 Å². The maximum atomic E-state index is 12.4. The lowest BCUT2D eigenvalue weighted by Gasteiger charge is -2.46. The number of methoxy groups -OCH3 is 1. The maximum Gasteiger partial charge on any atom is 0.330 e. The van der Waals surface area contributed by atoms with Crippen LogP contribution in [0.5, 0.6) is 0 Å². The number of benzene rings is 1. The third kappa shape index (κ3) is 3.05. The molecule has 2 rings (SSSR count). The Morgan fingerprint density at radius 2 is 2.04 bits per heavy atom. The number of aliphatic hydroxyl groups excluding tert-OH is 1. The van der Waals surface area contributed by atoms with Crippen LogP contribution in [0, 0.1) is 5.41 Å². The largest absolute Gasteiger partial charge is 0.466 e. The van der Waals surface area contributed by atoms with E-state index in [1.807, 2.05) is 0 Å². The van der Waals surface area contributed by atoms with E-state index in [4.69, 9.17) is 0 Å². The molecule has 2 N–H and O–H groups in total. The Morgan fingerprint density at radius 3 is 2.67 bits per heavy atom. The second-order valence-electron chi connectivity index (χ2n) is 6.38. The molecule has 1 aromatic rings. The fraction of sp³-hybridized carbons (Fsp3) is 0.368. The summed E-state index contributed by atoms with van der Waals surface area (Å²) in [6.45, 7) is 3.02. The van der Waals surface area contributed by atoms with Gasteiger partial charge in [0.05, 0.1) is 13.7 Å². The van der Waals surface area contributed by atoms with Crippen LogP contribution >= 0.6 is 0 Å². The summed E-state index contributed by atoms with van der Waals surface area (Å²) in [5, 5.41) is 21.2. The van der Waals surface area contributed by atoms with Crippen molar-refractivity contribution >= 4 is 11.8 Å². The molecule has 0 aliphatic heterocycles. The number of aliphatic hydroxyl groups is 2. The maximum absolute atomic E-state index is 12.4. The lowest BCUT2D eigenvalue weighted by Crippen LogP contribution is -2.50. The van der Waals surface area contributed by atoms with Gasteiger partial charge in [-0.15, -0.1) is 0 Å². The van der Waals surface area contributed by atoms with Gasteiger partial charge in [-0.05, 0) is 24.1 Å². The summed E-state index contributed by atoms with van der Waals surface area (Å²) in [5.41, 5.74) is -1.09. The summed E-state index contributed by atoms with van der Waals surface area (Å²) in [5.74, 6) is -0.602. The molecule has 0 aromatic heterocycles. The Bertz CT molecular complexity index is 718. The van der Waals surface area contributed by atoms with Crippen molar-refractivity contribution < 1.29 is 24.5 Å². The van der Waals surface area contributed by atoms with Crippen molar-refractivity contribution in [1.82, 2.24) is 0 Å². The van der Waals surface area contributed by atoms with E-state index in [0.29, 0.717) is 16.7 Å². The smallest absolute Gasteiger partial charge is 0.330 e. The summed E-state index contributed by atoms with van der Waals surface area (Å²) in [6.07, 6.45) is 4.46. The van der Waals surface area contributed by atoms with Gasteiger partial charge in [-0.3, -0.25) is 4.79 Å². The molecular weight excluding hydrogens is 308 g/mol. The number of hydrogen-bond donors (Lipinski definition) is 2. The van der Waals surface area contributed by atoms with Crippen LogP contribution in [0.15, 0.2) is 48.1 Å². The minimum Gasteiger partial charge on any atom is -0.466 e. The second-order valence-corrected chi connectivity index (χ2v) is 6.38. The summed E-state index contributed by atoms with van der Waals surface area (Å²) in [6, 6.07) is 6.84. The zero-order valence-corrected chi connectivity index (χ0v) is 14.1. The Hall–Kier alpha value is -2.24. The van der Waals surface area contributed by atoms with Gasteiger partial charge in [-0.1, -0.05) is 37.3 Å². The van der Waals surface area contributed by atoms with E-state index in [-0.39, 0.29) is 18.8 Å². The van der Waals surface area contributed by atoms with E-state index in [0.717, 1.165) is 0 Å². The molecule has 0 heterocycles. The first-order chi connectivity index (χ1) is 11.3. The van der Waals surface area contributed by atoms with Crippen molar-refractivity contribution in [2.24, 2.45) is 5.41 Å². The highest BCUT2D eigenvalue weighted by Gasteiger charge is 2.52. The van der Waals surface area contributed by atoms with Gasteiger partial charge in [0.1, 0.15) is 5.60 Å². The lowest BCUT2D eigenvalue weighted by atomic mass is 9.61. The van der Waals surface area contributed by atoms with Gasteiger partial charge in [0.2, 0.25) is 0 Å². The van der Waals surface area contributed by atoms with Gasteiger partial charge in [0.15, 0.2) is 5.78 Å². The summed E-state index contributed by atoms with van der Waals surface area (Å²) >= 11 is 0. The van der Waals surface area contributed by atoms with Crippen LogP contribution in [0.4, 0.5) is 0 Å². The van der Waals surface area contributed by atoms with E-state index in [1.54, 1.807) is 44.2 Å². The Balaban J connectivity index is 2.54. The minimum atomic E-state index is -1.53. The van der Waals surface area contributed by atoms with Gasteiger partial charge >= 0.3 is 5.97 Å². The van der Waals surface area contributed by atoms with Gasteiger partial charge in [-0.2, -0.15) is 0 Å². The molecule has 5 heteroatoms. The topological polar surface area (TPSA) is 83.8 Å². The molecule has 0 bridgehead atoms. The predicted octanol–water partition coefficient (Wildman–Crippen LogP) is 2.13. The van der Waals surface area contributed by atoms with E-state index < -0.39 is 17.0 Å². The van der Waals surface area contributed by atoms with E-state index in [9.17, 15) is 19.8 Å². The van der Waals surface area contributed by atoms with Crippen LogP contribution in [0.1, 0.15) is 36.2 Å². The van der Waals surface area contributed by atoms with Crippen molar-refractivity contribution in [2.45, 2.75) is 25.9 Å². The third-order valence-corrected chi connectivity index (χ3v) is 4.59. The summed E-state index contributed by atoms with van der Waals surface area (Å²) < 4.78 is 4.57. The number of esters is 1. The Labute approximate surface area is 141 Å². The molecular formula is C19H22O5. The van der Waals surface area contributed by atoms with Crippen LogP contribution in [-0.2, 0) is 15.1 Å². The van der Waals surface area contributed by atoms with E-state index in [2.05, 4.69) is 4.74 Å². The number of carbonyl (C=O) groups excluding carboxylic acids is 2. The standard InChI is InChI=1S/C19H22O5/c1-13(10-17(22)24-3)8-9-19(23)15-7-5-4-6-14(15)16(21)11-18(19,2)12-20/h4-10,20,23H,11-12H2,1-3H3/b9-8+,13-10-/t18-,19-/m0/s1. The van der Waals surface area contributed by atoms with Crippen LogP contribution < -0.4 is 0 Å². The zero-order valence-electron chi connectivity index (χ0n) is 14.1. The molecule has 0 amide bonds. The molecule has 1 aromatic carbocycles. The molecule has 5 nitrogen and oxygen atoms in total. The highest BCUT2D eigenvalue weighted by molar-refractivity contribution is 6.00. The normalized spacial score (nSPS) is 27.2. The number of allylic oxidation sites excluding steroid dienone is 2. The Morgan fingerprint density at radius 1 is 1.38 bits per heavy atom. The minimum absolute atomic E-state index is 0.0289. The number of ketones is 1. The van der Waals surface area contributed by atoms with Crippen molar-refractivity contribution in [3.8, 4) is 0 Å². The molecule has 0 saturated heterocycles. The van der Waals surface area contributed by atoms with Gasteiger partial charge in [0, 0.05) is 23.5 Å². The molecule has 128 valence electrons. The van der Waals surface area contributed by atoms with Crippen LogP contribution in [-0.4, -0.2) is 35.7 Å². The van der Waals surface area contributed by atoms with Crippen LogP contribution in [0.2, 0.25) is 0 Å². The number of Topliss-reactive ketones (excluding diaryl/α,β-unsaturated/α-hetero) is 1. The van der Waals surface area contributed by atoms with Gasteiger partial charge in [-0.25, -0.2) is 4.79 Å². The quantitative estimate of drug-likeness (QED) is 0.502. The van der Waals surface area contributed by atoms with Crippen LogP contribution in [0.25, 0.3) is 0 Å². The molecule has 1 aliphatic carbocycles. The highest BCUT2D eigenvalue weighted by Crippen LogP contribution is 2.49. The first-order valence-corrected chi connectivity index (χ1v) is 7.69. The van der Waals surface area contributed by atoms with E-state index >= 15 is 0 Å². The number of ether oxygens (including phenoxy) is 1. The fourth-order valence-electron chi connectivity index (χ4n) is 2.98. The predicted molar refractivity (Wildman–Crippen MR) is 89.4 cm³/mol. The van der Waals surface area contributed by atoms with Crippen molar-refractivity contribution in [1.29, 1.82) is 0 Å². The molecule has 0 spiro atoms. The molecule has 0 unspecified atom stereocenters. The van der Waals surface area contributed by atoms with Crippen molar-refractivity contribution in [2.75, 3.05) is 13.7 Å². The first-order valence-electron chi connectivity index (χ1n) is 7.69. The summed E-state index contributed by atoms with van der Waals surface area (Å²) in [7, 11) is 1.29. The monoisotopic (exact) mass is 330 g/mol. The Kier molecular flexibility index (Phi) is 5.06. The average molecular weight is 330 g/mol. The first kappa shape index (κ1) is 18.1. The average Bonchev–Trinajstić information content (AvgIpc) is 2.58. The molecule has 0 saturated carbocycles. The number of rotatable bonds is 4. The fourth-order valence-corrected chi connectivity index (χ4v) is 2.98. The second kappa shape index (κ2) is 6.71. The van der Waals surface area contributed by atoms with Crippen molar-refractivity contribution in [3.05, 3.63) is 59.2 Å². The van der Waals surface area contributed by atoms with Gasteiger partial charge in [0.25, 0.3) is 0 Å². The molecule has 2 atom stereocenters. The van der Waals surface area contributed by atoms with Crippen LogP contribution in [0.3, 0.4) is 0 Å². The number of hydrogen-bond acceptors (Lipinski definition) is 5. The zero-order chi connectivity index (χ0) is 18.0. The molecule has 0 fully saturated rings.